The van der Waals surface area contributed by atoms with E-state index < -0.39 is 11.7 Å². The zero-order valence-electron chi connectivity index (χ0n) is 12.5. The van der Waals surface area contributed by atoms with E-state index in [1.807, 2.05) is 26.0 Å². The first-order chi connectivity index (χ1) is 10.2. The molecule has 0 N–H and O–H groups in total. The Bertz CT molecular complexity index is 690. The van der Waals surface area contributed by atoms with Crippen molar-refractivity contribution in [2.45, 2.75) is 26.9 Å². The van der Waals surface area contributed by atoms with Crippen LogP contribution >= 0.6 is 0 Å². The number of rotatable bonds is 2. The van der Waals surface area contributed by atoms with Crippen LogP contribution in [0.1, 0.15) is 23.6 Å². The number of alkyl halides is 3. The van der Waals surface area contributed by atoms with E-state index in [9.17, 15) is 18.0 Å². The summed E-state index contributed by atoms with van der Waals surface area (Å²) < 4.78 is 37.9. The molecule has 0 atom stereocenters. The van der Waals surface area contributed by atoms with Crippen molar-refractivity contribution in [3.05, 3.63) is 59.2 Å². The van der Waals surface area contributed by atoms with Gasteiger partial charge in [0.25, 0.3) is 0 Å². The third-order valence-corrected chi connectivity index (χ3v) is 3.52. The van der Waals surface area contributed by atoms with Crippen molar-refractivity contribution >= 4 is 17.3 Å². The minimum absolute atomic E-state index is 0.261. The fourth-order valence-electron chi connectivity index (χ4n) is 2.18. The smallest absolute Gasteiger partial charge is 0.281 e. The van der Waals surface area contributed by atoms with E-state index in [2.05, 4.69) is 0 Å². The van der Waals surface area contributed by atoms with Crippen molar-refractivity contribution < 1.29 is 18.0 Å². The minimum atomic E-state index is -4.39. The number of carbonyl (C=O) groups is 1. The van der Waals surface area contributed by atoms with Gasteiger partial charge in [-0.1, -0.05) is 6.07 Å². The molecule has 1 amide bonds. The molecule has 0 saturated heterocycles. The average molecular weight is 307 g/mol. The first-order valence-corrected chi connectivity index (χ1v) is 6.75. The molecule has 2 aromatic carbocycles. The van der Waals surface area contributed by atoms with Crippen LogP contribution in [0.4, 0.5) is 24.5 Å². The van der Waals surface area contributed by atoms with Gasteiger partial charge in [-0.25, -0.2) is 0 Å². The van der Waals surface area contributed by atoms with Gasteiger partial charge in [0, 0.05) is 18.3 Å². The van der Waals surface area contributed by atoms with Gasteiger partial charge in [0.1, 0.15) is 0 Å². The maximum atomic E-state index is 12.6. The Hall–Kier alpha value is -2.30. The number of aryl methyl sites for hydroxylation is 2. The molecule has 2 rings (SSSR count). The third-order valence-electron chi connectivity index (χ3n) is 3.52. The highest BCUT2D eigenvalue weighted by molar-refractivity contribution is 5.99. The Balaban J connectivity index is 2.44. The quantitative estimate of drug-likeness (QED) is 0.764. The molecule has 0 heterocycles. The maximum absolute atomic E-state index is 12.6. The molecule has 2 aromatic rings. The zero-order valence-corrected chi connectivity index (χ0v) is 12.5. The van der Waals surface area contributed by atoms with Gasteiger partial charge in [-0.05, 0) is 61.4 Å². The van der Waals surface area contributed by atoms with E-state index in [1.165, 1.54) is 24.0 Å². The highest BCUT2D eigenvalue weighted by Gasteiger charge is 2.30. The Morgan fingerprint density at radius 3 is 1.91 bits per heavy atom. The number of amides is 1. The first-order valence-electron chi connectivity index (χ1n) is 6.75. The molecule has 0 unspecified atom stereocenters. The summed E-state index contributed by atoms with van der Waals surface area (Å²) in [5.74, 6) is -0.261. The summed E-state index contributed by atoms with van der Waals surface area (Å²) in [5.41, 5.74) is 2.40. The fourth-order valence-corrected chi connectivity index (χ4v) is 2.18. The van der Waals surface area contributed by atoms with E-state index in [-0.39, 0.29) is 5.91 Å². The molecule has 116 valence electrons. The number of hydrogen-bond acceptors (Lipinski definition) is 1. The van der Waals surface area contributed by atoms with Crippen LogP contribution in [0.25, 0.3) is 0 Å². The van der Waals surface area contributed by atoms with Crippen LogP contribution < -0.4 is 4.90 Å². The van der Waals surface area contributed by atoms with Crippen LogP contribution in [-0.4, -0.2) is 5.91 Å². The Morgan fingerprint density at radius 1 is 0.909 bits per heavy atom. The van der Waals surface area contributed by atoms with E-state index in [4.69, 9.17) is 0 Å². The lowest BCUT2D eigenvalue weighted by Gasteiger charge is -2.22. The van der Waals surface area contributed by atoms with Gasteiger partial charge in [0.15, 0.2) is 0 Å². The van der Waals surface area contributed by atoms with Gasteiger partial charge in [-0.2, -0.15) is 13.2 Å². The highest BCUT2D eigenvalue weighted by atomic mass is 19.4. The summed E-state index contributed by atoms with van der Waals surface area (Å²) in [6.07, 6.45) is -4.39. The van der Waals surface area contributed by atoms with Gasteiger partial charge < -0.3 is 0 Å². The molecule has 0 radical (unpaired) electrons. The molecule has 0 aliphatic carbocycles. The summed E-state index contributed by atoms with van der Waals surface area (Å²) in [6, 6.07) is 10.1. The molecule has 0 saturated carbocycles. The molecular weight excluding hydrogens is 291 g/mol. The van der Waals surface area contributed by atoms with E-state index >= 15 is 0 Å². The van der Waals surface area contributed by atoms with Crippen LogP contribution in [0, 0.1) is 13.8 Å². The van der Waals surface area contributed by atoms with Crippen LogP contribution in [-0.2, 0) is 11.0 Å². The standard InChI is InChI=1S/C17H16F3NO/c1-11-4-7-16(10-12(11)2)21(13(3)22)15-8-5-14(6-9-15)17(18,19)20/h4-10H,1-3H3. The molecule has 5 heteroatoms. The second-order valence-corrected chi connectivity index (χ2v) is 5.17. The van der Waals surface area contributed by atoms with Gasteiger partial charge in [-0.15, -0.1) is 0 Å². The lowest BCUT2D eigenvalue weighted by atomic mass is 10.1. The lowest BCUT2D eigenvalue weighted by Crippen LogP contribution is -2.23. The number of halogens is 3. The van der Waals surface area contributed by atoms with Gasteiger partial charge in [0.05, 0.1) is 5.56 Å². The second kappa shape index (κ2) is 5.83. The van der Waals surface area contributed by atoms with Crippen LogP contribution in [0.15, 0.2) is 42.5 Å². The van der Waals surface area contributed by atoms with Crippen molar-refractivity contribution in [2.75, 3.05) is 4.90 Å². The number of nitrogens with zero attached hydrogens (tertiary/aromatic N) is 1. The van der Waals surface area contributed by atoms with Gasteiger partial charge >= 0.3 is 6.18 Å². The largest absolute Gasteiger partial charge is 0.416 e. The summed E-state index contributed by atoms with van der Waals surface area (Å²) in [4.78, 5) is 13.3. The summed E-state index contributed by atoms with van der Waals surface area (Å²) in [6.45, 7) is 5.26. The summed E-state index contributed by atoms with van der Waals surface area (Å²) >= 11 is 0. The number of benzene rings is 2. The molecule has 2 nitrogen and oxygen atoms in total. The highest BCUT2D eigenvalue weighted by Crippen LogP contribution is 2.32. The Labute approximate surface area is 127 Å². The molecular formula is C17H16F3NO. The van der Waals surface area contributed by atoms with Crippen molar-refractivity contribution in [3.8, 4) is 0 Å². The molecule has 0 aromatic heterocycles. The molecule has 0 spiro atoms. The van der Waals surface area contributed by atoms with Crippen LogP contribution in [0.3, 0.4) is 0 Å². The Morgan fingerprint density at radius 2 is 1.45 bits per heavy atom. The number of hydrogen-bond donors (Lipinski definition) is 0. The summed E-state index contributed by atoms with van der Waals surface area (Å²) in [5, 5.41) is 0. The minimum Gasteiger partial charge on any atom is -0.281 e. The lowest BCUT2D eigenvalue weighted by molar-refractivity contribution is -0.137. The Kier molecular flexibility index (Phi) is 4.26. The molecule has 0 aliphatic heterocycles. The van der Waals surface area contributed by atoms with Crippen molar-refractivity contribution in [2.24, 2.45) is 0 Å². The van der Waals surface area contributed by atoms with E-state index in [1.54, 1.807) is 6.07 Å². The summed E-state index contributed by atoms with van der Waals surface area (Å²) in [7, 11) is 0. The second-order valence-electron chi connectivity index (χ2n) is 5.17. The van der Waals surface area contributed by atoms with E-state index in [0.717, 1.165) is 23.3 Å². The monoisotopic (exact) mass is 307 g/mol. The predicted molar refractivity (Wildman–Crippen MR) is 80.2 cm³/mol. The molecule has 22 heavy (non-hydrogen) atoms. The average Bonchev–Trinajstić information content (AvgIpc) is 2.42. The molecule has 0 bridgehead atoms. The number of carbonyl (C=O) groups excluding carboxylic acids is 1. The van der Waals surface area contributed by atoms with Crippen LogP contribution in [0.5, 0.6) is 0 Å². The van der Waals surface area contributed by atoms with Crippen molar-refractivity contribution in [3.63, 3.8) is 0 Å². The normalized spacial score (nSPS) is 11.4. The predicted octanol–water partition coefficient (Wildman–Crippen LogP) is 5.01. The van der Waals surface area contributed by atoms with E-state index in [0.29, 0.717) is 11.4 Å². The van der Waals surface area contributed by atoms with Crippen molar-refractivity contribution in [1.82, 2.24) is 0 Å². The van der Waals surface area contributed by atoms with Crippen molar-refractivity contribution in [1.29, 1.82) is 0 Å². The maximum Gasteiger partial charge on any atom is 0.416 e. The van der Waals surface area contributed by atoms with Gasteiger partial charge in [0.2, 0.25) is 5.91 Å². The van der Waals surface area contributed by atoms with Crippen LogP contribution in [0.2, 0.25) is 0 Å². The third kappa shape index (κ3) is 3.30. The topological polar surface area (TPSA) is 20.3 Å². The fraction of sp³-hybridized carbons (Fsp3) is 0.235. The zero-order chi connectivity index (χ0) is 16.5. The number of anilines is 2. The van der Waals surface area contributed by atoms with Gasteiger partial charge in [-0.3, -0.25) is 9.69 Å². The first kappa shape index (κ1) is 16.1. The molecule has 0 fully saturated rings. The SMILES string of the molecule is CC(=O)N(c1ccc(C(F)(F)F)cc1)c1ccc(C)c(C)c1. The molecule has 0 aliphatic rings.